The van der Waals surface area contributed by atoms with Gasteiger partial charge in [0.05, 0.1) is 6.54 Å². The van der Waals surface area contributed by atoms with E-state index < -0.39 is 5.95 Å². The van der Waals surface area contributed by atoms with Crippen molar-refractivity contribution in [3.63, 3.8) is 0 Å². The summed E-state index contributed by atoms with van der Waals surface area (Å²) in [4.78, 5) is 13.0. The van der Waals surface area contributed by atoms with Crippen molar-refractivity contribution in [3.05, 3.63) is 24.1 Å². The van der Waals surface area contributed by atoms with Crippen LogP contribution in [0.15, 0.2) is 23.2 Å². The van der Waals surface area contributed by atoms with Gasteiger partial charge in [0.15, 0.2) is 5.17 Å². The van der Waals surface area contributed by atoms with Gasteiger partial charge in [-0.15, -0.1) is 0 Å². The molecule has 19 heavy (non-hydrogen) atoms. The Balaban J connectivity index is 1.60. The molecular formula is C13H17FN4S. The second-order valence-corrected chi connectivity index (χ2v) is 6.25. The number of amidine groups is 1. The number of rotatable bonds is 1. The van der Waals surface area contributed by atoms with Gasteiger partial charge in [-0.2, -0.15) is 4.39 Å². The lowest BCUT2D eigenvalue weighted by atomic mass is 10.3. The first-order valence-electron chi connectivity index (χ1n) is 6.56. The van der Waals surface area contributed by atoms with Crippen LogP contribution in [0.1, 0.15) is 6.92 Å². The number of aliphatic imine (C=N–C) groups is 1. The molecule has 3 rings (SSSR count). The minimum absolute atomic E-state index is 0.413. The summed E-state index contributed by atoms with van der Waals surface area (Å²) in [6.45, 7) is 6.71. The first-order chi connectivity index (χ1) is 9.22. The number of hydrogen-bond acceptors (Lipinski definition) is 5. The van der Waals surface area contributed by atoms with Crippen LogP contribution in [-0.4, -0.2) is 53.0 Å². The van der Waals surface area contributed by atoms with Crippen molar-refractivity contribution in [2.45, 2.75) is 12.2 Å². The Morgan fingerprint density at radius 2 is 1.95 bits per heavy atom. The van der Waals surface area contributed by atoms with Gasteiger partial charge in [0, 0.05) is 31.4 Å². The highest BCUT2D eigenvalue weighted by Crippen LogP contribution is 2.24. The molecule has 0 bridgehead atoms. The van der Waals surface area contributed by atoms with Gasteiger partial charge in [-0.3, -0.25) is 4.99 Å². The van der Waals surface area contributed by atoms with E-state index in [9.17, 15) is 4.39 Å². The predicted octanol–water partition coefficient (Wildman–Crippen LogP) is 1.83. The molecule has 0 spiro atoms. The van der Waals surface area contributed by atoms with Gasteiger partial charge in [-0.05, 0) is 12.1 Å². The molecule has 0 aliphatic carbocycles. The van der Waals surface area contributed by atoms with Crippen LogP contribution in [0.2, 0.25) is 0 Å². The van der Waals surface area contributed by atoms with Crippen LogP contribution in [0.4, 0.5) is 10.2 Å². The van der Waals surface area contributed by atoms with Crippen molar-refractivity contribution in [2.24, 2.45) is 4.99 Å². The van der Waals surface area contributed by atoms with Crippen molar-refractivity contribution in [1.82, 2.24) is 9.88 Å². The van der Waals surface area contributed by atoms with Gasteiger partial charge in [0.25, 0.3) is 0 Å². The van der Waals surface area contributed by atoms with E-state index in [1.807, 2.05) is 17.8 Å². The van der Waals surface area contributed by atoms with Crippen LogP contribution >= 0.6 is 11.8 Å². The number of pyridine rings is 1. The van der Waals surface area contributed by atoms with Gasteiger partial charge in [0.2, 0.25) is 5.95 Å². The highest BCUT2D eigenvalue weighted by molar-refractivity contribution is 8.14. The average Bonchev–Trinajstić information content (AvgIpc) is 2.86. The lowest BCUT2D eigenvalue weighted by molar-refractivity contribution is 0.390. The molecule has 1 unspecified atom stereocenters. The Labute approximate surface area is 116 Å². The quantitative estimate of drug-likeness (QED) is 0.735. The molecule has 1 fully saturated rings. The molecule has 0 saturated carbocycles. The lowest BCUT2D eigenvalue weighted by Crippen LogP contribution is -2.48. The summed E-state index contributed by atoms with van der Waals surface area (Å²) in [5, 5.41) is 1.76. The number of thioether (sulfide) groups is 1. The Morgan fingerprint density at radius 1 is 1.21 bits per heavy atom. The second-order valence-electron chi connectivity index (χ2n) is 4.84. The van der Waals surface area contributed by atoms with E-state index in [1.54, 1.807) is 6.07 Å². The van der Waals surface area contributed by atoms with E-state index in [0.29, 0.717) is 5.25 Å². The largest absolute Gasteiger partial charge is 0.353 e. The molecule has 0 aromatic carbocycles. The van der Waals surface area contributed by atoms with Crippen molar-refractivity contribution < 1.29 is 4.39 Å². The Hall–Kier alpha value is -1.30. The van der Waals surface area contributed by atoms with Gasteiger partial charge < -0.3 is 9.80 Å². The Morgan fingerprint density at radius 3 is 2.58 bits per heavy atom. The average molecular weight is 280 g/mol. The highest BCUT2D eigenvalue weighted by Gasteiger charge is 2.25. The summed E-state index contributed by atoms with van der Waals surface area (Å²) in [7, 11) is 0. The standard InChI is InChI=1S/C13H17FN4S/c1-10-9-15-13(19-10)18-7-5-17(6-8-18)12-4-2-3-11(14)16-12/h2-4,10H,5-9H2,1H3. The number of aromatic nitrogens is 1. The molecule has 6 heteroatoms. The van der Waals surface area contributed by atoms with E-state index in [4.69, 9.17) is 0 Å². The molecule has 1 saturated heterocycles. The Bertz CT molecular complexity index is 485. The van der Waals surface area contributed by atoms with Gasteiger partial charge >= 0.3 is 0 Å². The summed E-state index contributed by atoms with van der Waals surface area (Å²) < 4.78 is 13.1. The molecule has 2 aliphatic rings. The number of hydrogen-bond donors (Lipinski definition) is 0. The van der Waals surface area contributed by atoms with E-state index >= 15 is 0 Å². The summed E-state index contributed by atoms with van der Waals surface area (Å²) in [5.41, 5.74) is 0. The molecule has 3 heterocycles. The van der Waals surface area contributed by atoms with E-state index in [2.05, 4.69) is 26.7 Å². The number of anilines is 1. The van der Waals surface area contributed by atoms with E-state index in [1.165, 1.54) is 11.2 Å². The van der Waals surface area contributed by atoms with Crippen molar-refractivity contribution in [1.29, 1.82) is 0 Å². The summed E-state index contributed by atoms with van der Waals surface area (Å²) in [5.74, 6) is 0.318. The normalized spacial score (nSPS) is 23.7. The fourth-order valence-corrected chi connectivity index (χ4v) is 3.33. The first-order valence-corrected chi connectivity index (χ1v) is 7.44. The molecular weight excluding hydrogens is 263 g/mol. The second kappa shape index (κ2) is 5.36. The third kappa shape index (κ3) is 2.83. The molecule has 0 N–H and O–H groups in total. The summed E-state index contributed by atoms with van der Waals surface area (Å²) >= 11 is 1.85. The summed E-state index contributed by atoms with van der Waals surface area (Å²) in [6, 6.07) is 4.95. The number of halogens is 1. The van der Waals surface area contributed by atoms with Crippen LogP contribution in [-0.2, 0) is 0 Å². The van der Waals surface area contributed by atoms with Gasteiger partial charge in [-0.25, -0.2) is 4.98 Å². The van der Waals surface area contributed by atoms with Crippen molar-refractivity contribution >= 4 is 22.7 Å². The maximum atomic E-state index is 13.1. The summed E-state index contributed by atoms with van der Waals surface area (Å²) in [6.07, 6.45) is 0. The zero-order chi connectivity index (χ0) is 13.2. The minimum Gasteiger partial charge on any atom is -0.353 e. The maximum absolute atomic E-state index is 13.1. The van der Waals surface area contributed by atoms with Crippen molar-refractivity contribution in [2.75, 3.05) is 37.6 Å². The fourth-order valence-electron chi connectivity index (χ4n) is 2.34. The van der Waals surface area contributed by atoms with Gasteiger partial charge in [-0.1, -0.05) is 24.8 Å². The van der Waals surface area contributed by atoms with Crippen LogP contribution in [0.3, 0.4) is 0 Å². The van der Waals surface area contributed by atoms with Crippen LogP contribution in [0, 0.1) is 5.95 Å². The molecule has 1 aromatic rings. The monoisotopic (exact) mass is 280 g/mol. The van der Waals surface area contributed by atoms with E-state index in [-0.39, 0.29) is 0 Å². The van der Waals surface area contributed by atoms with Crippen molar-refractivity contribution in [3.8, 4) is 0 Å². The smallest absolute Gasteiger partial charge is 0.214 e. The molecule has 102 valence electrons. The molecule has 4 nitrogen and oxygen atoms in total. The zero-order valence-corrected chi connectivity index (χ0v) is 11.7. The topological polar surface area (TPSA) is 31.7 Å². The molecule has 0 radical (unpaired) electrons. The lowest BCUT2D eigenvalue weighted by Gasteiger charge is -2.36. The van der Waals surface area contributed by atoms with Crippen LogP contribution in [0.5, 0.6) is 0 Å². The minimum atomic E-state index is -0.413. The highest BCUT2D eigenvalue weighted by atomic mass is 32.2. The predicted molar refractivity (Wildman–Crippen MR) is 77.3 cm³/mol. The molecule has 2 aliphatic heterocycles. The molecule has 1 aromatic heterocycles. The number of piperazine rings is 1. The third-order valence-corrected chi connectivity index (χ3v) is 4.51. The third-order valence-electron chi connectivity index (χ3n) is 3.36. The SMILES string of the molecule is CC1CN=C(N2CCN(c3cccc(F)n3)CC2)S1. The molecule has 1 atom stereocenters. The zero-order valence-electron chi connectivity index (χ0n) is 10.9. The molecule has 0 amide bonds. The van der Waals surface area contributed by atoms with Gasteiger partial charge in [0.1, 0.15) is 5.82 Å². The first kappa shape index (κ1) is 12.7. The van der Waals surface area contributed by atoms with Crippen LogP contribution < -0.4 is 4.90 Å². The fraction of sp³-hybridized carbons (Fsp3) is 0.538. The van der Waals surface area contributed by atoms with E-state index in [0.717, 1.165) is 38.5 Å². The maximum Gasteiger partial charge on any atom is 0.214 e. The Kier molecular flexibility index (Phi) is 3.59. The number of nitrogens with zero attached hydrogens (tertiary/aromatic N) is 4. The van der Waals surface area contributed by atoms with Crippen LogP contribution in [0.25, 0.3) is 0 Å².